The minimum atomic E-state index is 0. The molecule has 1 aromatic carbocycles. The molecule has 0 radical (unpaired) electrons. The van der Waals surface area contributed by atoms with E-state index >= 15 is 0 Å². The van der Waals surface area contributed by atoms with Gasteiger partial charge in [-0.05, 0) is 25.3 Å². The Balaban J connectivity index is 0.00000176. The lowest BCUT2D eigenvalue weighted by Crippen LogP contribution is -2.37. The number of nitrogens with two attached hydrogens (primary N) is 1. The first-order chi connectivity index (χ1) is 10.3. The van der Waals surface area contributed by atoms with Gasteiger partial charge in [-0.1, -0.05) is 18.2 Å². The van der Waals surface area contributed by atoms with Crippen LogP contribution in [0.1, 0.15) is 37.3 Å². The first-order valence-corrected chi connectivity index (χ1v) is 7.73. The third-order valence-corrected chi connectivity index (χ3v) is 4.04. The van der Waals surface area contributed by atoms with Crippen LogP contribution in [0.3, 0.4) is 0 Å². The number of nitrogens with zero attached hydrogens (tertiary/aromatic N) is 1. The summed E-state index contributed by atoms with van der Waals surface area (Å²) in [5.74, 6) is 1.45. The van der Waals surface area contributed by atoms with Gasteiger partial charge in [0.15, 0.2) is 5.96 Å². The summed E-state index contributed by atoms with van der Waals surface area (Å²) in [7, 11) is 0. The van der Waals surface area contributed by atoms with Crippen molar-refractivity contribution >= 4 is 29.9 Å². The summed E-state index contributed by atoms with van der Waals surface area (Å²) in [5.41, 5.74) is 7.16. The molecule has 122 valence electrons. The number of para-hydroxylation sites is 1. The van der Waals surface area contributed by atoms with Crippen molar-refractivity contribution in [2.24, 2.45) is 10.7 Å². The highest BCUT2D eigenvalue weighted by molar-refractivity contribution is 14.0. The molecule has 3 N–H and O–H groups in total. The van der Waals surface area contributed by atoms with E-state index in [0.29, 0.717) is 25.2 Å². The van der Waals surface area contributed by atoms with Crippen LogP contribution in [0, 0.1) is 0 Å². The molecule has 3 rings (SSSR count). The highest BCUT2D eigenvalue weighted by Gasteiger charge is 2.21. The van der Waals surface area contributed by atoms with E-state index in [9.17, 15) is 0 Å². The highest BCUT2D eigenvalue weighted by atomic mass is 127. The summed E-state index contributed by atoms with van der Waals surface area (Å²) in [6.07, 6.45) is 4.54. The molecule has 1 saturated heterocycles. The summed E-state index contributed by atoms with van der Waals surface area (Å²) in [6.45, 7) is 2.31. The fourth-order valence-corrected chi connectivity index (χ4v) is 2.92. The van der Waals surface area contributed by atoms with E-state index in [0.717, 1.165) is 37.2 Å². The Morgan fingerprint density at radius 3 is 2.95 bits per heavy atom. The second-order valence-corrected chi connectivity index (χ2v) is 5.56. The standard InChI is InChI=1S/C16H23N3O2.HI/c17-16(18-9-7-12-4-3-10-20-12)19-14-8-11-21-15-6-2-1-5-13(14)15;/h1-2,5-6,12,14H,3-4,7-11H2,(H3,17,18,19);1H. The lowest BCUT2D eigenvalue weighted by Gasteiger charge is -2.27. The molecule has 1 fully saturated rings. The van der Waals surface area contributed by atoms with Crippen LogP contribution in [0.2, 0.25) is 0 Å². The molecule has 0 spiro atoms. The number of hydrogen-bond donors (Lipinski definition) is 2. The summed E-state index contributed by atoms with van der Waals surface area (Å²) >= 11 is 0. The number of ether oxygens (including phenoxy) is 2. The number of hydrogen-bond acceptors (Lipinski definition) is 3. The van der Waals surface area contributed by atoms with E-state index in [1.54, 1.807) is 0 Å². The van der Waals surface area contributed by atoms with Crippen LogP contribution in [-0.2, 0) is 4.74 Å². The quantitative estimate of drug-likeness (QED) is 0.449. The highest BCUT2D eigenvalue weighted by Crippen LogP contribution is 2.31. The first kappa shape index (κ1) is 17.3. The molecule has 5 nitrogen and oxygen atoms in total. The van der Waals surface area contributed by atoms with E-state index in [4.69, 9.17) is 15.2 Å². The summed E-state index contributed by atoms with van der Waals surface area (Å²) in [6, 6.07) is 8.26. The van der Waals surface area contributed by atoms with Gasteiger partial charge in [0.25, 0.3) is 0 Å². The fraction of sp³-hybridized carbons (Fsp3) is 0.562. The summed E-state index contributed by atoms with van der Waals surface area (Å²) < 4.78 is 11.2. The lowest BCUT2D eigenvalue weighted by molar-refractivity contribution is 0.106. The van der Waals surface area contributed by atoms with Crippen LogP contribution in [0.15, 0.2) is 29.3 Å². The number of guanidine groups is 1. The van der Waals surface area contributed by atoms with Gasteiger partial charge in [0.2, 0.25) is 0 Å². The van der Waals surface area contributed by atoms with Crippen molar-refractivity contribution in [3.63, 3.8) is 0 Å². The molecule has 2 atom stereocenters. The molecule has 2 heterocycles. The average molecular weight is 417 g/mol. The van der Waals surface area contributed by atoms with Crippen LogP contribution in [0.5, 0.6) is 5.75 Å². The molecule has 22 heavy (non-hydrogen) atoms. The van der Waals surface area contributed by atoms with E-state index < -0.39 is 0 Å². The van der Waals surface area contributed by atoms with E-state index in [1.165, 1.54) is 6.42 Å². The summed E-state index contributed by atoms with van der Waals surface area (Å²) in [5, 5.41) is 3.31. The molecular formula is C16H24IN3O2. The van der Waals surface area contributed by atoms with Crippen molar-refractivity contribution in [2.45, 2.75) is 37.8 Å². The normalized spacial score (nSPS) is 24.1. The van der Waals surface area contributed by atoms with E-state index in [2.05, 4.69) is 16.4 Å². The summed E-state index contributed by atoms with van der Waals surface area (Å²) in [4.78, 5) is 4.42. The van der Waals surface area contributed by atoms with Crippen molar-refractivity contribution in [3.8, 4) is 5.75 Å². The van der Waals surface area contributed by atoms with Gasteiger partial charge >= 0.3 is 0 Å². The minimum absolute atomic E-state index is 0. The smallest absolute Gasteiger partial charge is 0.189 e. The van der Waals surface area contributed by atoms with Gasteiger partial charge in [-0.3, -0.25) is 4.99 Å². The van der Waals surface area contributed by atoms with Gasteiger partial charge in [-0.25, -0.2) is 0 Å². The molecule has 1 aromatic rings. The van der Waals surface area contributed by atoms with Gasteiger partial charge in [-0.15, -0.1) is 24.0 Å². The minimum Gasteiger partial charge on any atom is -0.493 e. The molecule has 6 heteroatoms. The molecule has 0 aliphatic carbocycles. The molecular weight excluding hydrogens is 393 g/mol. The second kappa shape index (κ2) is 8.57. The monoisotopic (exact) mass is 417 g/mol. The van der Waals surface area contributed by atoms with Crippen LogP contribution >= 0.6 is 24.0 Å². The Bertz CT molecular complexity index is 504. The van der Waals surface area contributed by atoms with E-state index in [1.807, 2.05) is 18.2 Å². The van der Waals surface area contributed by atoms with Crippen LogP contribution in [0.4, 0.5) is 0 Å². The van der Waals surface area contributed by atoms with Gasteiger partial charge in [0.05, 0.1) is 18.8 Å². The maximum absolute atomic E-state index is 6.00. The Hall–Kier alpha value is -1.02. The Morgan fingerprint density at radius 2 is 2.14 bits per heavy atom. The Morgan fingerprint density at radius 1 is 1.27 bits per heavy atom. The zero-order valence-electron chi connectivity index (χ0n) is 12.7. The van der Waals surface area contributed by atoms with Crippen molar-refractivity contribution in [1.29, 1.82) is 0 Å². The molecule has 0 aromatic heterocycles. The molecule has 2 aliphatic rings. The SMILES string of the molecule is I.NC(=NCCC1CCCO1)NC1CCOc2ccccc21. The predicted octanol–water partition coefficient (Wildman–Crippen LogP) is 2.60. The number of benzene rings is 1. The zero-order valence-corrected chi connectivity index (χ0v) is 15.0. The molecule has 2 aliphatic heterocycles. The van der Waals surface area contributed by atoms with Gasteiger partial charge in [0, 0.05) is 25.1 Å². The first-order valence-electron chi connectivity index (χ1n) is 7.73. The van der Waals surface area contributed by atoms with Crippen LogP contribution in [-0.4, -0.2) is 31.8 Å². The molecule has 0 bridgehead atoms. The number of halogens is 1. The largest absolute Gasteiger partial charge is 0.493 e. The van der Waals surface area contributed by atoms with Crippen molar-refractivity contribution in [1.82, 2.24) is 5.32 Å². The van der Waals surface area contributed by atoms with Crippen LogP contribution < -0.4 is 15.8 Å². The number of fused-ring (bicyclic) bond motifs is 1. The third kappa shape index (κ3) is 4.49. The topological polar surface area (TPSA) is 68.9 Å². The Kier molecular flexibility index (Phi) is 6.75. The third-order valence-electron chi connectivity index (χ3n) is 4.04. The van der Waals surface area contributed by atoms with Crippen molar-refractivity contribution in [3.05, 3.63) is 29.8 Å². The zero-order chi connectivity index (χ0) is 14.5. The molecule has 0 amide bonds. The van der Waals surface area contributed by atoms with Crippen molar-refractivity contribution in [2.75, 3.05) is 19.8 Å². The number of aliphatic imine (C=N–C) groups is 1. The number of nitrogens with one attached hydrogen (secondary N) is 1. The molecule has 2 unspecified atom stereocenters. The number of rotatable bonds is 4. The Labute approximate surface area is 148 Å². The molecule has 0 saturated carbocycles. The van der Waals surface area contributed by atoms with E-state index in [-0.39, 0.29) is 30.0 Å². The predicted molar refractivity (Wildman–Crippen MR) is 97.9 cm³/mol. The van der Waals surface area contributed by atoms with Crippen molar-refractivity contribution < 1.29 is 9.47 Å². The van der Waals surface area contributed by atoms with Gasteiger partial charge in [0.1, 0.15) is 5.75 Å². The maximum Gasteiger partial charge on any atom is 0.189 e. The fourth-order valence-electron chi connectivity index (χ4n) is 2.92. The van der Waals surface area contributed by atoms with Crippen LogP contribution in [0.25, 0.3) is 0 Å². The van der Waals surface area contributed by atoms with Gasteiger partial charge in [-0.2, -0.15) is 0 Å². The maximum atomic E-state index is 6.00. The van der Waals surface area contributed by atoms with Gasteiger partial charge < -0.3 is 20.5 Å². The lowest BCUT2D eigenvalue weighted by atomic mass is 10.0. The second-order valence-electron chi connectivity index (χ2n) is 5.56. The average Bonchev–Trinajstić information content (AvgIpc) is 3.01.